The van der Waals surface area contributed by atoms with Crippen LogP contribution in [-0.2, 0) is 33.5 Å². The van der Waals surface area contributed by atoms with Gasteiger partial charge in [-0.2, -0.15) is 0 Å². The van der Waals surface area contributed by atoms with Crippen molar-refractivity contribution in [2.45, 2.75) is 45.8 Å². The third-order valence-electron chi connectivity index (χ3n) is 4.79. The zero-order valence-corrected chi connectivity index (χ0v) is 19.6. The maximum atomic E-state index is 13.3. The van der Waals surface area contributed by atoms with Gasteiger partial charge in [-0.25, -0.2) is 9.59 Å². The van der Waals surface area contributed by atoms with E-state index in [0.29, 0.717) is 12.8 Å². The SMILES string of the molecule is CC(=O)Nc1cccc(OOC(C)=O)c1C(=O)C(CO)OC1CCN(C(=O)OCOC(C)=O)CC1. The molecule has 1 aliphatic rings. The summed E-state index contributed by atoms with van der Waals surface area (Å²) in [6, 6.07) is 4.28. The van der Waals surface area contributed by atoms with Crippen LogP contribution in [0.4, 0.5) is 10.5 Å². The van der Waals surface area contributed by atoms with Gasteiger partial charge in [0.1, 0.15) is 6.10 Å². The molecule has 2 amide bonds. The number of ketones is 1. The van der Waals surface area contributed by atoms with Gasteiger partial charge in [-0.15, -0.1) is 0 Å². The maximum absolute atomic E-state index is 13.3. The standard InChI is InChI=1S/C22H28N2O11/c1-13(26)23-17-5-4-6-18(35-34-15(3)28)20(17)21(29)19(11-25)33-16-7-9-24(10-8-16)22(30)32-12-31-14(2)27/h4-6,16,19,25H,7-12H2,1-3H3,(H,23,26). The second-order valence-corrected chi connectivity index (χ2v) is 7.54. The molecule has 1 fully saturated rings. The minimum Gasteiger partial charge on any atom is -0.428 e. The summed E-state index contributed by atoms with van der Waals surface area (Å²) in [5.74, 6) is -2.66. The average molecular weight is 496 g/mol. The summed E-state index contributed by atoms with van der Waals surface area (Å²) < 4.78 is 15.2. The van der Waals surface area contributed by atoms with Crippen LogP contribution in [0.5, 0.6) is 5.75 Å². The topological polar surface area (TPSA) is 167 Å². The first-order chi connectivity index (χ1) is 16.6. The Hall–Kier alpha value is -3.71. The van der Waals surface area contributed by atoms with Gasteiger partial charge >= 0.3 is 18.0 Å². The molecule has 0 aromatic heterocycles. The Labute approximate surface area is 201 Å². The summed E-state index contributed by atoms with van der Waals surface area (Å²) in [5.41, 5.74) is -0.0611. The molecule has 0 radical (unpaired) electrons. The summed E-state index contributed by atoms with van der Waals surface area (Å²) in [6.07, 6.45) is -1.76. The Balaban J connectivity index is 2.07. The number of likely N-dealkylation sites (tertiary alicyclic amines) is 1. The van der Waals surface area contributed by atoms with Crippen LogP contribution in [0.3, 0.4) is 0 Å². The quantitative estimate of drug-likeness (QED) is 0.157. The number of hydrogen-bond acceptors (Lipinski definition) is 11. The fraction of sp³-hybridized carbons (Fsp3) is 0.500. The van der Waals surface area contributed by atoms with Gasteiger partial charge in [-0.1, -0.05) is 6.07 Å². The van der Waals surface area contributed by atoms with Crippen LogP contribution in [0, 0.1) is 0 Å². The Morgan fingerprint density at radius 2 is 1.74 bits per heavy atom. The molecule has 2 N–H and O–H groups in total. The number of esters is 1. The molecule has 192 valence electrons. The summed E-state index contributed by atoms with van der Waals surface area (Å²) >= 11 is 0. The van der Waals surface area contributed by atoms with E-state index in [9.17, 15) is 29.1 Å². The second-order valence-electron chi connectivity index (χ2n) is 7.54. The minimum atomic E-state index is -1.32. The van der Waals surface area contributed by atoms with E-state index >= 15 is 0 Å². The third-order valence-corrected chi connectivity index (χ3v) is 4.79. The molecule has 0 saturated carbocycles. The van der Waals surface area contributed by atoms with E-state index in [1.54, 1.807) is 0 Å². The first kappa shape index (κ1) is 27.5. The van der Waals surface area contributed by atoms with Crippen LogP contribution in [0.2, 0.25) is 0 Å². The minimum absolute atomic E-state index is 0.0829. The van der Waals surface area contributed by atoms with Crippen molar-refractivity contribution in [1.29, 1.82) is 0 Å². The number of carbonyl (C=O) groups is 5. The van der Waals surface area contributed by atoms with E-state index in [0.717, 1.165) is 6.92 Å². The molecule has 0 aliphatic carbocycles. The molecule has 13 heteroatoms. The molecule has 0 bridgehead atoms. The normalized spacial score (nSPS) is 14.5. The average Bonchev–Trinajstić information content (AvgIpc) is 2.80. The lowest BCUT2D eigenvalue weighted by Crippen LogP contribution is -2.43. The first-order valence-electron chi connectivity index (χ1n) is 10.7. The second kappa shape index (κ2) is 13.2. The lowest BCUT2D eigenvalue weighted by Gasteiger charge is -2.32. The molecule has 13 nitrogen and oxygen atoms in total. The Kier molecular flexibility index (Phi) is 10.4. The predicted molar refractivity (Wildman–Crippen MR) is 117 cm³/mol. The van der Waals surface area contributed by atoms with E-state index < -0.39 is 55.3 Å². The van der Waals surface area contributed by atoms with E-state index in [1.165, 1.54) is 36.9 Å². The number of nitrogens with zero attached hydrogens (tertiary/aromatic N) is 1. The van der Waals surface area contributed by atoms with E-state index in [2.05, 4.69) is 14.9 Å². The summed E-state index contributed by atoms with van der Waals surface area (Å²) in [4.78, 5) is 69.7. The van der Waals surface area contributed by atoms with Gasteiger partial charge in [0.15, 0.2) is 11.5 Å². The van der Waals surface area contributed by atoms with Crippen LogP contribution in [-0.4, -0.2) is 78.4 Å². The number of piperidine rings is 1. The summed E-state index contributed by atoms with van der Waals surface area (Å²) in [5, 5.41) is 12.4. The molecule has 1 saturated heterocycles. The third kappa shape index (κ3) is 8.54. The summed E-state index contributed by atoms with van der Waals surface area (Å²) in [6.45, 7) is 2.88. The van der Waals surface area contributed by atoms with E-state index in [1.807, 2.05) is 0 Å². The molecular formula is C22H28N2O11. The van der Waals surface area contributed by atoms with Gasteiger partial charge in [0.25, 0.3) is 0 Å². The van der Waals surface area contributed by atoms with Crippen molar-refractivity contribution in [1.82, 2.24) is 4.90 Å². The van der Waals surface area contributed by atoms with Gasteiger partial charge < -0.3 is 29.5 Å². The molecule has 0 spiro atoms. The number of Topliss-reactive ketones (excluding diaryl/α,β-unsaturated/α-hetero) is 1. The first-order valence-corrected chi connectivity index (χ1v) is 10.7. The number of amides is 2. The molecule has 1 heterocycles. The number of benzene rings is 1. The van der Waals surface area contributed by atoms with Crippen molar-refractivity contribution >= 4 is 35.4 Å². The summed E-state index contributed by atoms with van der Waals surface area (Å²) in [7, 11) is 0. The van der Waals surface area contributed by atoms with Crippen molar-refractivity contribution in [2.75, 3.05) is 31.8 Å². The zero-order valence-electron chi connectivity index (χ0n) is 19.6. The van der Waals surface area contributed by atoms with Crippen LogP contribution >= 0.6 is 0 Å². The van der Waals surface area contributed by atoms with Crippen LogP contribution in [0.15, 0.2) is 18.2 Å². The number of ether oxygens (including phenoxy) is 3. The van der Waals surface area contributed by atoms with Crippen molar-refractivity contribution in [3.8, 4) is 5.75 Å². The van der Waals surface area contributed by atoms with Gasteiger partial charge in [0.05, 0.1) is 24.0 Å². The number of aliphatic hydroxyl groups excluding tert-OH is 1. The Bertz CT molecular complexity index is 941. The highest BCUT2D eigenvalue weighted by Gasteiger charge is 2.32. The molecule has 1 aliphatic heterocycles. The van der Waals surface area contributed by atoms with Gasteiger partial charge in [0, 0.05) is 33.9 Å². The molecule has 1 aromatic carbocycles. The predicted octanol–water partition coefficient (Wildman–Crippen LogP) is 1.18. The molecule has 1 atom stereocenters. The number of anilines is 1. The Morgan fingerprint density at radius 3 is 2.31 bits per heavy atom. The van der Waals surface area contributed by atoms with Crippen LogP contribution in [0.25, 0.3) is 0 Å². The van der Waals surface area contributed by atoms with E-state index in [4.69, 9.17) is 14.4 Å². The van der Waals surface area contributed by atoms with Gasteiger partial charge in [0.2, 0.25) is 12.7 Å². The molecule has 1 aromatic rings. The number of rotatable bonds is 10. The lowest BCUT2D eigenvalue weighted by atomic mass is 10.0. The van der Waals surface area contributed by atoms with Crippen molar-refractivity contribution in [2.24, 2.45) is 0 Å². The highest BCUT2D eigenvalue weighted by atomic mass is 17.2. The highest BCUT2D eigenvalue weighted by molar-refractivity contribution is 6.09. The molecule has 2 rings (SSSR count). The van der Waals surface area contributed by atoms with Crippen molar-refractivity contribution in [3.05, 3.63) is 23.8 Å². The number of nitrogens with one attached hydrogen (secondary N) is 1. The fourth-order valence-corrected chi connectivity index (χ4v) is 3.26. The number of hydrogen-bond donors (Lipinski definition) is 2. The Morgan fingerprint density at radius 1 is 1.06 bits per heavy atom. The molecule has 35 heavy (non-hydrogen) atoms. The number of carbonyl (C=O) groups excluding carboxylic acids is 5. The van der Waals surface area contributed by atoms with Gasteiger partial charge in [-0.3, -0.25) is 24.2 Å². The highest BCUT2D eigenvalue weighted by Crippen LogP contribution is 2.30. The zero-order chi connectivity index (χ0) is 26.0. The van der Waals surface area contributed by atoms with Crippen molar-refractivity contribution < 1.29 is 53.1 Å². The van der Waals surface area contributed by atoms with E-state index in [-0.39, 0.29) is 30.1 Å². The van der Waals surface area contributed by atoms with Crippen LogP contribution in [0.1, 0.15) is 44.0 Å². The molecular weight excluding hydrogens is 468 g/mol. The monoisotopic (exact) mass is 496 g/mol. The largest absolute Gasteiger partial charge is 0.428 e. The van der Waals surface area contributed by atoms with Crippen molar-refractivity contribution in [3.63, 3.8) is 0 Å². The smallest absolute Gasteiger partial charge is 0.412 e. The molecule has 1 unspecified atom stereocenters. The fourth-order valence-electron chi connectivity index (χ4n) is 3.26. The lowest BCUT2D eigenvalue weighted by molar-refractivity contribution is -0.211. The van der Waals surface area contributed by atoms with Crippen LogP contribution < -0.4 is 10.2 Å². The number of aliphatic hydroxyl groups is 1. The maximum Gasteiger partial charge on any atom is 0.412 e. The van der Waals surface area contributed by atoms with Gasteiger partial charge in [-0.05, 0) is 25.0 Å².